The lowest BCUT2D eigenvalue weighted by Gasteiger charge is -2.19. The summed E-state index contributed by atoms with van der Waals surface area (Å²) in [5, 5.41) is 4.13. The standard InChI is InChI=1S/C16H20N2O3/c1-3-21-15(20)9-6-12-4-7-13(8-5-12)16-11(2)10-14(19)17-18-16/h4-5,7-8,11H,3,6,9-10H2,1-2H3,(H,17,19). The first-order valence-electron chi connectivity index (χ1n) is 7.21. The normalized spacial score (nSPS) is 17.9. The third kappa shape index (κ3) is 4.15. The van der Waals surface area contributed by atoms with Crippen LogP contribution in [0, 0.1) is 5.92 Å². The fourth-order valence-electron chi connectivity index (χ4n) is 2.32. The van der Waals surface area contributed by atoms with E-state index in [0.29, 0.717) is 25.9 Å². The molecule has 0 radical (unpaired) electrons. The molecule has 0 aliphatic carbocycles. The monoisotopic (exact) mass is 288 g/mol. The molecule has 1 unspecified atom stereocenters. The van der Waals surface area contributed by atoms with E-state index in [1.165, 1.54) is 0 Å². The van der Waals surface area contributed by atoms with E-state index in [-0.39, 0.29) is 17.8 Å². The van der Waals surface area contributed by atoms with Gasteiger partial charge in [0.05, 0.1) is 12.3 Å². The van der Waals surface area contributed by atoms with Crippen molar-refractivity contribution >= 4 is 17.6 Å². The van der Waals surface area contributed by atoms with Gasteiger partial charge in [-0.05, 0) is 24.5 Å². The Kier molecular flexibility index (Phi) is 5.09. The van der Waals surface area contributed by atoms with Crippen molar-refractivity contribution in [2.24, 2.45) is 11.0 Å². The van der Waals surface area contributed by atoms with Crippen LogP contribution in [0.1, 0.15) is 37.8 Å². The third-order valence-electron chi connectivity index (χ3n) is 3.43. The minimum Gasteiger partial charge on any atom is -0.466 e. The van der Waals surface area contributed by atoms with Crippen LogP contribution < -0.4 is 5.43 Å². The van der Waals surface area contributed by atoms with Gasteiger partial charge >= 0.3 is 5.97 Å². The molecular weight excluding hydrogens is 268 g/mol. The highest BCUT2D eigenvalue weighted by Gasteiger charge is 2.21. The van der Waals surface area contributed by atoms with Crippen molar-refractivity contribution in [1.82, 2.24) is 5.43 Å². The fraction of sp³-hybridized carbons (Fsp3) is 0.438. The van der Waals surface area contributed by atoms with Crippen molar-refractivity contribution in [3.63, 3.8) is 0 Å². The molecule has 1 heterocycles. The lowest BCUT2D eigenvalue weighted by molar-refractivity contribution is -0.143. The number of carbonyl (C=O) groups is 2. The Labute approximate surface area is 124 Å². The van der Waals surface area contributed by atoms with E-state index in [2.05, 4.69) is 10.5 Å². The van der Waals surface area contributed by atoms with Crippen molar-refractivity contribution in [1.29, 1.82) is 0 Å². The molecule has 0 bridgehead atoms. The van der Waals surface area contributed by atoms with Gasteiger partial charge in [-0.2, -0.15) is 5.10 Å². The summed E-state index contributed by atoms with van der Waals surface area (Å²) in [6, 6.07) is 7.93. The quantitative estimate of drug-likeness (QED) is 0.843. The minimum atomic E-state index is -0.172. The highest BCUT2D eigenvalue weighted by atomic mass is 16.5. The second-order valence-electron chi connectivity index (χ2n) is 5.14. The summed E-state index contributed by atoms with van der Waals surface area (Å²) < 4.78 is 4.91. The lowest BCUT2D eigenvalue weighted by Crippen LogP contribution is -2.31. The second kappa shape index (κ2) is 7.02. The SMILES string of the molecule is CCOC(=O)CCc1ccc(C2=NNC(=O)CC2C)cc1. The molecule has 21 heavy (non-hydrogen) atoms. The molecule has 1 aliphatic heterocycles. The molecule has 1 aromatic rings. The molecule has 5 nitrogen and oxygen atoms in total. The molecule has 1 amide bonds. The average Bonchev–Trinajstić information content (AvgIpc) is 2.46. The maximum Gasteiger partial charge on any atom is 0.306 e. The fourth-order valence-corrected chi connectivity index (χ4v) is 2.32. The first-order chi connectivity index (χ1) is 10.1. The maximum atomic E-state index is 11.3. The highest BCUT2D eigenvalue weighted by Crippen LogP contribution is 2.17. The van der Waals surface area contributed by atoms with Crippen LogP contribution in [0.15, 0.2) is 29.4 Å². The summed E-state index contributed by atoms with van der Waals surface area (Å²) in [6.07, 6.45) is 1.52. The van der Waals surface area contributed by atoms with Gasteiger partial charge in [-0.1, -0.05) is 31.2 Å². The van der Waals surface area contributed by atoms with Gasteiger partial charge in [0.2, 0.25) is 5.91 Å². The van der Waals surface area contributed by atoms with Crippen molar-refractivity contribution in [3.05, 3.63) is 35.4 Å². The number of hydrogen-bond acceptors (Lipinski definition) is 4. The molecule has 0 spiro atoms. The number of nitrogens with zero attached hydrogens (tertiary/aromatic N) is 1. The predicted molar refractivity (Wildman–Crippen MR) is 79.9 cm³/mol. The lowest BCUT2D eigenvalue weighted by atomic mass is 9.93. The Morgan fingerprint density at radius 1 is 1.38 bits per heavy atom. The van der Waals surface area contributed by atoms with Crippen LogP contribution in [0.4, 0.5) is 0 Å². The average molecular weight is 288 g/mol. The van der Waals surface area contributed by atoms with E-state index in [9.17, 15) is 9.59 Å². The van der Waals surface area contributed by atoms with Crippen LogP contribution in [0.5, 0.6) is 0 Å². The van der Waals surface area contributed by atoms with Crippen LogP contribution in [-0.2, 0) is 20.7 Å². The van der Waals surface area contributed by atoms with Crippen molar-refractivity contribution < 1.29 is 14.3 Å². The molecule has 1 aromatic carbocycles. The number of nitrogens with one attached hydrogen (secondary N) is 1. The number of rotatable bonds is 5. The number of benzene rings is 1. The minimum absolute atomic E-state index is 0.0442. The van der Waals surface area contributed by atoms with Gasteiger partial charge in [-0.3, -0.25) is 9.59 Å². The first kappa shape index (κ1) is 15.2. The smallest absolute Gasteiger partial charge is 0.306 e. The van der Waals surface area contributed by atoms with E-state index in [0.717, 1.165) is 16.8 Å². The zero-order valence-corrected chi connectivity index (χ0v) is 12.4. The van der Waals surface area contributed by atoms with Gasteiger partial charge in [0.25, 0.3) is 0 Å². The summed E-state index contributed by atoms with van der Waals surface area (Å²) in [5.41, 5.74) is 5.50. The zero-order chi connectivity index (χ0) is 15.2. The topological polar surface area (TPSA) is 67.8 Å². The Balaban J connectivity index is 1.99. The Morgan fingerprint density at radius 3 is 2.71 bits per heavy atom. The Hall–Kier alpha value is -2.17. The van der Waals surface area contributed by atoms with Gasteiger partial charge in [0.15, 0.2) is 0 Å². The third-order valence-corrected chi connectivity index (χ3v) is 3.43. The molecule has 112 valence electrons. The van der Waals surface area contributed by atoms with Crippen LogP contribution >= 0.6 is 0 Å². The number of hydrazone groups is 1. The first-order valence-corrected chi connectivity index (χ1v) is 7.21. The molecule has 2 rings (SSSR count). The van der Waals surface area contributed by atoms with E-state index in [1.807, 2.05) is 31.2 Å². The zero-order valence-electron chi connectivity index (χ0n) is 12.4. The highest BCUT2D eigenvalue weighted by molar-refractivity contribution is 6.05. The van der Waals surface area contributed by atoms with E-state index < -0.39 is 0 Å². The van der Waals surface area contributed by atoms with Crippen LogP contribution in [-0.4, -0.2) is 24.2 Å². The van der Waals surface area contributed by atoms with Crippen LogP contribution in [0.2, 0.25) is 0 Å². The van der Waals surface area contributed by atoms with Crippen molar-refractivity contribution in [3.8, 4) is 0 Å². The Morgan fingerprint density at radius 2 is 2.10 bits per heavy atom. The predicted octanol–water partition coefficient (Wildman–Crippen LogP) is 2.04. The second-order valence-corrected chi connectivity index (χ2v) is 5.14. The van der Waals surface area contributed by atoms with E-state index in [4.69, 9.17) is 4.74 Å². The molecule has 5 heteroatoms. The number of hydrogen-bond donors (Lipinski definition) is 1. The number of esters is 1. The van der Waals surface area contributed by atoms with Crippen molar-refractivity contribution in [2.45, 2.75) is 33.1 Å². The summed E-state index contributed by atoms with van der Waals surface area (Å²) in [4.78, 5) is 22.6. The van der Waals surface area contributed by atoms with Gasteiger partial charge in [-0.15, -0.1) is 0 Å². The molecular formula is C16H20N2O3. The summed E-state index contributed by atoms with van der Waals surface area (Å²) in [5.74, 6) is -0.101. The van der Waals surface area contributed by atoms with Gasteiger partial charge in [0.1, 0.15) is 0 Å². The van der Waals surface area contributed by atoms with Gasteiger partial charge < -0.3 is 4.74 Å². The number of amides is 1. The number of carbonyl (C=O) groups excluding carboxylic acids is 2. The van der Waals surface area contributed by atoms with E-state index >= 15 is 0 Å². The van der Waals surface area contributed by atoms with Crippen molar-refractivity contribution in [2.75, 3.05) is 6.61 Å². The van der Waals surface area contributed by atoms with Crippen LogP contribution in [0.3, 0.4) is 0 Å². The summed E-state index contributed by atoms with van der Waals surface area (Å²) >= 11 is 0. The molecule has 0 fully saturated rings. The van der Waals surface area contributed by atoms with Gasteiger partial charge in [-0.25, -0.2) is 5.43 Å². The molecule has 0 saturated heterocycles. The molecule has 1 aliphatic rings. The molecule has 1 atom stereocenters. The molecule has 1 N–H and O–H groups in total. The summed E-state index contributed by atoms with van der Waals surface area (Å²) in [7, 11) is 0. The van der Waals surface area contributed by atoms with Gasteiger partial charge in [0, 0.05) is 18.8 Å². The maximum absolute atomic E-state index is 11.3. The number of ether oxygens (including phenoxy) is 1. The van der Waals surface area contributed by atoms with Crippen LogP contribution in [0.25, 0.3) is 0 Å². The Bertz CT molecular complexity index is 549. The summed E-state index contributed by atoms with van der Waals surface area (Å²) in [6.45, 7) is 4.21. The number of aryl methyl sites for hydroxylation is 1. The molecule has 0 saturated carbocycles. The largest absolute Gasteiger partial charge is 0.466 e. The molecule has 0 aromatic heterocycles. The van der Waals surface area contributed by atoms with E-state index in [1.54, 1.807) is 6.92 Å².